The molecule has 0 aliphatic heterocycles. The summed E-state index contributed by atoms with van der Waals surface area (Å²) in [5, 5.41) is 2.03. The second-order valence-corrected chi connectivity index (χ2v) is 8.13. The SMILES string of the molecule is O=S(=O)(N[C@@H]1C[C@H]2CC[C@@H]1C2)c1ccc2ccccc2c1. The molecular weight excluding hydrogens is 282 g/mol. The monoisotopic (exact) mass is 301 g/mol. The molecule has 0 unspecified atom stereocenters. The fraction of sp³-hybridized carbons (Fsp3) is 0.412. The van der Waals surface area contributed by atoms with E-state index in [2.05, 4.69) is 4.72 Å². The minimum absolute atomic E-state index is 0.139. The molecule has 21 heavy (non-hydrogen) atoms. The number of benzene rings is 2. The summed E-state index contributed by atoms with van der Waals surface area (Å²) in [5.41, 5.74) is 0. The van der Waals surface area contributed by atoms with Gasteiger partial charge in [-0.25, -0.2) is 13.1 Å². The summed E-state index contributed by atoms with van der Waals surface area (Å²) in [5.74, 6) is 1.28. The summed E-state index contributed by atoms with van der Waals surface area (Å²) in [6.45, 7) is 0. The zero-order valence-corrected chi connectivity index (χ0v) is 12.6. The van der Waals surface area contributed by atoms with E-state index in [4.69, 9.17) is 0 Å². The summed E-state index contributed by atoms with van der Waals surface area (Å²) in [7, 11) is -3.41. The summed E-state index contributed by atoms with van der Waals surface area (Å²) < 4.78 is 28.1. The smallest absolute Gasteiger partial charge is 0.208 e. The molecule has 0 aromatic heterocycles. The van der Waals surface area contributed by atoms with Gasteiger partial charge in [0.15, 0.2) is 0 Å². The van der Waals surface area contributed by atoms with Crippen LogP contribution in [0.4, 0.5) is 0 Å². The number of sulfonamides is 1. The van der Waals surface area contributed by atoms with Gasteiger partial charge in [0.05, 0.1) is 4.90 Å². The number of fused-ring (bicyclic) bond motifs is 3. The van der Waals surface area contributed by atoms with Crippen molar-refractivity contribution >= 4 is 20.8 Å². The second kappa shape index (κ2) is 4.82. The van der Waals surface area contributed by atoms with Crippen LogP contribution in [-0.2, 0) is 10.0 Å². The van der Waals surface area contributed by atoms with Gasteiger partial charge in [-0.05, 0) is 54.0 Å². The predicted molar refractivity (Wildman–Crippen MR) is 83.5 cm³/mol. The number of nitrogens with one attached hydrogen (secondary N) is 1. The third kappa shape index (κ3) is 2.36. The fourth-order valence-electron chi connectivity index (χ4n) is 3.99. The molecule has 3 atom stereocenters. The van der Waals surface area contributed by atoms with Gasteiger partial charge in [0.25, 0.3) is 0 Å². The van der Waals surface area contributed by atoms with Gasteiger partial charge in [0.1, 0.15) is 0 Å². The Labute approximate surface area is 125 Å². The molecule has 4 heteroatoms. The van der Waals surface area contributed by atoms with Crippen molar-refractivity contribution in [3.63, 3.8) is 0 Å². The Kier molecular flexibility index (Phi) is 3.05. The van der Waals surface area contributed by atoms with E-state index in [1.807, 2.05) is 30.3 Å². The molecule has 0 saturated heterocycles. The van der Waals surface area contributed by atoms with E-state index in [1.165, 1.54) is 19.3 Å². The first-order valence-corrected chi connectivity index (χ1v) is 9.11. The van der Waals surface area contributed by atoms with Crippen LogP contribution >= 0.6 is 0 Å². The van der Waals surface area contributed by atoms with Gasteiger partial charge in [-0.15, -0.1) is 0 Å². The van der Waals surface area contributed by atoms with Gasteiger partial charge in [-0.3, -0.25) is 0 Å². The Morgan fingerprint density at radius 1 is 0.952 bits per heavy atom. The van der Waals surface area contributed by atoms with Gasteiger partial charge in [-0.1, -0.05) is 36.8 Å². The van der Waals surface area contributed by atoms with Crippen LogP contribution in [-0.4, -0.2) is 14.5 Å². The highest BCUT2D eigenvalue weighted by Crippen LogP contribution is 2.44. The Morgan fingerprint density at radius 2 is 1.76 bits per heavy atom. The van der Waals surface area contributed by atoms with Crippen LogP contribution in [0.2, 0.25) is 0 Å². The minimum atomic E-state index is -3.41. The molecule has 2 aromatic rings. The van der Waals surface area contributed by atoms with Crippen molar-refractivity contribution in [1.82, 2.24) is 4.72 Å². The van der Waals surface area contributed by atoms with Crippen LogP contribution in [0.15, 0.2) is 47.4 Å². The van der Waals surface area contributed by atoms with Gasteiger partial charge in [0, 0.05) is 6.04 Å². The molecule has 0 amide bonds. The maximum atomic E-state index is 12.6. The average Bonchev–Trinajstić information content (AvgIpc) is 3.09. The van der Waals surface area contributed by atoms with E-state index < -0.39 is 10.0 Å². The van der Waals surface area contributed by atoms with Crippen molar-refractivity contribution in [2.75, 3.05) is 0 Å². The normalized spacial score (nSPS) is 28.3. The molecule has 110 valence electrons. The van der Waals surface area contributed by atoms with Gasteiger partial charge in [0.2, 0.25) is 10.0 Å². The van der Waals surface area contributed by atoms with Crippen LogP contribution in [0.1, 0.15) is 25.7 Å². The van der Waals surface area contributed by atoms with Gasteiger partial charge < -0.3 is 0 Å². The number of rotatable bonds is 3. The van der Waals surface area contributed by atoms with Crippen LogP contribution in [0, 0.1) is 11.8 Å². The zero-order chi connectivity index (χ0) is 14.4. The topological polar surface area (TPSA) is 46.2 Å². The lowest BCUT2D eigenvalue weighted by Crippen LogP contribution is -2.38. The first kappa shape index (κ1) is 13.3. The third-order valence-electron chi connectivity index (χ3n) is 5.08. The molecule has 2 aliphatic carbocycles. The summed E-state index contributed by atoms with van der Waals surface area (Å²) in [6.07, 6.45) is 4.66. The fourth-order valence-corrected chi connectivity index (χ4v) is 5.34. The molecule has 2 fully saturated rings. The van der Waals surface area contributed by atoms with Crippen molar-refractivity contribution in [3.05, 3.63) is 42.5 Å². The predicted octanol–water partition coefficient (Wildman–Crippen LogP) is 3.31. The summed E-state index contributed by atoms with van der Waals surface area (Å²) in [4.78, 5) is 0.379. The van der Waals surface area contributed by atoms with Crippen LogP contribution in [0.5, 0.6) is 0 Å². The average molecular weight is 301 g/mol. The number of hydrogen-bond donors (Lipinski definition) is 1. The molecule has 3 nitrogen and oxygen atoms in total. The number of hydrogen-bond acceptors (Lipinski definition) is 2. The molecule has 2 aromatic carbocycles. The van der Waals surface area contributed by atoms with Crippen LogP contribution in [0.3, 0.4) is 0 Å². The molecule has 2 saturated carbocycles. The molecule has 0 spiro atoms. The first-order valence-electron chi connectivity index (χ1n) is 7.63. The lowest BCUT2D eigenvalue weighted by Gasteiger charge is -2.22. The Bertz CT molecular complexity index is 784. The largest absolute Gasteiger partial charge is 0.240 e. The summed E-state index contributed by atoms with van der Waals surface area (Å²) >= 11 is 0. The molecule has 2 bridgehead atoms. The van der Waals surface area contributed by atoms with E-state index in [1.54, 1.807) is 12.1 Å². The van der Waals surface area contributed by atoms with Crippen molar-refractivity contribution < 1.29 is 8.42 Å². The quantitative estimate of drug-likeness (QED) is 0.945. The Morgan fingerprint density at radius 3 is 2.48 bits per heavy atom. The van der Waals surface area contributed by atoms with Crippen LogP contribution < -0.4 is 4.72 Å². The highest BCUT2D eigenvalue weighted by Gasteiger charge is 2.41. The zero-order valence-electron chi connectivity index (χ0n) is 11.8. The van der Waals surface area contributed by atoms with E-state index in [-0.39, 0.29) is 6.04 Å². The van der Waals surface area contributed by atoms with Crippen molar-refractivity contribution in [2.45, 2.75) is 36.6 Å². The Balaban J connectivity index is 1.63. The highest BCUT2D eigenvalue weighted by atomic mass is 32.2. The highest BCUT2D eigenvalue weighted by molar-refractivity contribution is 7.89. The molecule has 2 aliphatic rings. The standard InChI is InChI=1S/C17H19NO2S/c19-21(20,18-17-10-12-5-6-15(17)9-12)16-8-7-13-3-1-2-4-14(13)11-16/h1-4,7-8,11-12,15,17-18H,5-6,9-10H2/t12-,15+,17+/m0/s1. The third-order valence-corrected chi connectivity index (χ3v) is 6.56. The molecule has 0 heterocycles. The lowest BCUT2D eigenvalue weighted by atomic mass is 9.96. The van der Waals surface area contributed by atoms with E-state index >= 15 is 0 Å². The van der Waals surface area contributed by atoms with Crippen LogP contribution in [0.25, 0.3) is 10.8 Å². The van der Waals surface area contributed by atoms with Crippen molar-refractivity contribution in [2.24, 2.45) is 11.8 Å². The maximum Gasteiger partial charge on any atom is 0.240 e. The Hall–Kier alpha value is -1.39. The van der Waals surface area contributed by atoms with Gasteiger partial charge in [-0.2, -0.15) is 0 Å². The van der Waals surface area contributed by atoms with E-state index in [9.17, 15) is 8.42 Å². The van der Waals surface area contributed by atoms with E-state index in [0.29, 0.717) is 10.8 Å². The van der Waals surface area contributed by atoms with E-state index in [0.717, 1.165) is 23.1 Å². The molecule has 0 radical (unpaired) electrons. The van der Waals surface area contributed by atoms with Crippen molar-refractivity contribution in [3.8, 4) is 0 Å². The lowest BCUT2D eigenvalue weighted by molar-refractivity contribution is 0.390. The first-order chi connectivity index (χ1) is 10.1. The minimum Gasteiger partial charge on any atom is -0.208 e. The van der Waals surface area contributed by atoms with Gasteiger partial charge >= 0.3 is 0 Å². The molecule has 4 rings (SSSR count). The molecule has 1 N–H and O–H groups in total. The van der Waals surface area contributed by atoms with Crippen molar-refractivity contribution in [1.29, 1.82) is 0 Å². The summed E-state index contributed by atoms with van der Waals surface area (Å²) in [6, 6.07) is 13.3. The second-order valence-electron chi connectivity index (χ2n) is 6.41. The molecular formula is C17H19NO2S. The maximum absolute atomic E-state index is 12.6.